The zero-order chi connectivity index (χ0) is 21.1. The Morgan fingerprint density at radius 1 is 1.00 bits per heavy atom. The SMILES string of the molecule is Cc1ccc(C(NC(=O)Cc2ccc3ncc(Br)cc3c2)c2ccccc2)c(C)c1. The number of amides is 1. The van der Waals surface area contributed by atoms with Crippen LogP contribution in [0.3, 0.4) is 0 Å². The Morgan fingerprint density at radius 3 is 2.57 bits per heavy atom. The Balaban J connectivity index is 1.60. The molecule has 1 heterocycles. The number of pyridine rings is 1. The van der Waals surface area contributed by atoms with Gasteiger partial charge in [-0.2, -0.15) is 0 Å². The summed E-state index contributed by atoms with van der Waals surface area (Å²) in [4.78, 5) is 17.4. The molecule has 1 aromatic heterocycles. The molecule has 0 bridgehead atoms. The van der Waals surface area contributed by atoms with Crippen molar-refractivity contribution in [2.45, 2.75) is 26.3 Å². The van der Waals surface area contributed by atoms with Crippen molar-refractivity contribution < 1.29 is 4.79 Å². The average molecular weight is 459 g/mol. The first kappa shape index (κ1) is 20.3. The van der Waals surface area contributed by atoms with Gasteiger partial charge in [0.1, 0.15) is 0 Å². The number of hydrogen-bond donors (Lipinski definition) is 1. The number of aromatic nitrogens is 1. The van der Waals surface area contributed by atoms with Crippen LogP contribution in [0.4, 0.5) is 0 Å². The molecule has 1 N–H and O–H groups in total. The second-order valence-corrected chi connectivity index (χ2v) is 8.54. The molecule has 0 spiro atoms. The molecule has 4 rings (SSSR count). The molecule has 1 unspecified atom stereocenters. The molecule has 4 aromatic rings. The summed E-state index contributed by atoms with van der Waals surface area (Å²) in [5.41, 5.74) is 6.46. The predicted molar refractivity (Wildman–Crippen MR) is 125 cm³/mol. The number of halogens is 1. The highest BCUT2D eigenvalue weighted by Crippen LogP contribution is 2.26. The van der Waals surface area contributed by atoms with Gasteiger partial charge in [0.25, 0.3) is 0 Å². The number of benzene rings is 3. The van der Waals surface area contributed by atoms with E-state index in [9.17, 15) is 4.79 Å². The second-order valence-electron chi connectivity index (χ2n) is 7.63. The molecule has 4 heteroatoms. The minimum Gasteiger partial charge on any atom is -0.345 e. The van der Waals surface area contributed by atoms with Crippen molar-refractivity contribution >= 4 is 32.7 Å². The predicted octanol–water partition coefficient (Wildman–Crippen LogP) is 6.06. The van der Waals surface area contributed by atoms with Crippen molar-refractivity contribution in [2.24, 2.45) is 0 Å². The minimum atomic E-state index is -0.185. The Morgan fingerprint density at radius 2 is 1.80 bits per heavy atom. The molecule has 30 heavy (non-hydrogen) atoms. The zero-order valence-corrected chi connectivity index (χ0v) is 18.6. The number of hydrogen-bond acceptors (Lipinski definition) is 2. The Hall–Kier alpha value is -2.98. The van der Waals surface area contributed by atoms with Gasteiger partial charge in [-0.25, -0.2) is 0 Å². The van der Waals surface area contributed by atoms with Gasteiger partial charge >= 0.3 is 0 Å². The number of aryl methyl sites for hydroxylation is 2. The molecule has 0 aliphatic carbocycles. The van der Waals surface area contributed by atoms with Gasteiger partial charge in [0.2, 0.25) is 5.91 Å². The van der Waals surface area contributed by atoms with Crippen LogP contribution in [0.5, 0.6) is 0 Å². The summed E-state index contributed by atoms with van der Waals surface area (Å²) in [6.45, 7) is 4.18. The molecule has 1 amide bonds. The lowest BCUT2D eigenvalue weighted by atomic mass is 9.93. The Bertz CT molecular complexity index is 1200. The van der Waals surface area contributed by atoms with E-state index in [0.717, 1.165) is 32.1 Å². The van der Waals surface area contributed by atoms with E-state index in [4.69, 9.17) is 0 Å². The van der Waals surface area contributed by atoms with Gasteiger partial charge in [-0.15, -0.1) is 0 Å². The van der Waals surface area contributed by atoms with E-state index in [1.807, 2.05) is 42.5 Å². The normalized spacial score (nSPS) is 12.0. The zero-order valence-electron chi connectivity index (χ0n) is 17.0. The van der Waals surface area contributed by atoms with Crippen LogP contribution in [0, 0.1) is 13.8 Å². The fraction of sp³-hybridized carbons (Fsp3) is 0.154. The third-order valence-corrected chi connectivity index (χ3v) is 5.69. The van der Waals surface area contributed by atoms with Crippen molar-refractivity contribution in [1.82, 2.24) is 10.3 Å². The van der Waals surface area contributed by atoms with E-state index in [2.05, 4.69) is 70.4 Å². The summed E-state index contributed by atoms with van der Waals surface area (Å²) in [7, 11) is 0. The Kier molecular flexibility index (Phi) is 5.96. The van der Waals surface area contributed by atoms with Crippen LogP contribution >= 0.6 is 15.9 Å². The molecule has 0 saturated carbocycles. The summed E-state index contributed by atoms with van der Waals surface area (Å²) >= 11 is 3.46. The Labute approximate surface area is 185 Å². The van der Waals surface area contributed by atoms with Crippen molar-refractivity contribution in [3.05, 3.63) is 111 Å². The molecule has 0 saturated heterocycles. The van der Waals surface area contributed by atoms with E-state index in [1.165, 1.54) is 11.1 Å². The molecule has 3 nitrogen and oxygen atoms in total. The summed E-state index contributed by atoms with van der Waals surface area (Å²) in [6, 6.07) is 24.3. The van der Waals surface area contributed by atoms with Gasteiger partial charge in [0.05, 0.1) is 18.0 Å². The van der Waals surface area contributed by atoms with Crippen LogP contribution in [0.2, 0.25) is 0 Å². The summed E-state index contributed by atoms with van der Waals surface area (Å²) in [6.07, 6.45) is 2.10. The highest BCUT2D eigenvalue weighted by atomic mass is 79.9. The van der Waals surface area contributed by atoms with E-state index in [1.54, 1.807) is 6.20 Å². The summed E-state index contributed by atoms with van der Waals surface area (Å²) in [5.74, 6) is -0.00821. The summed E-state index contributed by atoms with van der Waals surface area (Å²) < 4.78 is 0.926. The molecular weight excluding hydrogens is 436 g/mol. The first-order valence-corrected chi connectivity index (χ1v) is 10.7. The van der Waals surface area contributed by atoms with E-state index < -0.39 is 0 Å². The second kappa shape index (κ2) is 8.80. The molecule has 0 aliphatic heterocycles. The van der Waals surface area contributed by atoms with E-state index >= 15 is 0 Å². The first-order chi connectivity index (χ1) is 14.5. The molecular formula is C26H23BrN2O. The summed E-state index contributed by atoms with van der Waals surface area (Å²) in [5, 5.41) is 4.27. The van der Waals surface area contributed by atoms with Crippen LogP contribution in [0.25, 0.3) is 10.9 Å². The van der Waals surface area contributed by atoms with Crippen LogP contribution < -0.4 is 5.32 Å². The third kappa shape index (κ3) is 4.60. The number of nitrogens with zero attached hydrogens (tertiary/aromatic N) is 1. The monoisotopic (exact) mass is 458 g/mol. The van der Waals surface area contributed by atoms with Crippen LogP contribution in [0.1, 0.15) is 33.9 Å². The highest BCUT2D eigenvalue weighted by molar-refractivity contribution is 9.10. The average Bonchev–Trinajstić information content (AvgIpc) is 2.73. The minimum absolute atomic E-state index is 0.00821. The van der Waals surface area contributed by atoms with Crippen molar-refractivity contribution in [1.29, 1.82) is 0 Å². The maximum atomic E-state index is 13.0. The van der Waals surface area contributed by atoms with Crippen molar-refractivity contribution in [3.8, 4) is 0 Å². The van der Waals surface area contributed by atoms with E-state index in [-0.39, 0.29) is 11.9 Å². The molecule has 1 atom stereocenters. The number of fused-ring (bicyclic) bond motifs is 1. The maximum Gasteiger partial charge on any atom is 0.225 e. The van der Waals surface area contributed by atoms with Gasteiger partial charge in [-0.05, 0) is 70.2 Å². The van der Waals surface area contributed by atoms with Gasteiger partial charge in [-0.3, -0.25) is 9.78 Å². The van der Waals surface area contributed by atoms with Gasteiger partial charge < -0.3 is 5.32 Å². The van der Waals surface area contributed by atoms with Gasteiger partial charge in [0, 0.05) is 16.1 Å². The maximum absolute atomic E-state index is 13.0. The largest absolute Gasteiger partial charge is 0.345 e. The molecule has 3 aromatic carbocycles. The van der Waals surface area contributed by atoms with Crippen molar-refractivity contribution in [2.75, 3.05) is 0 Å². The van der Waals surface area contributed by atoms with Crippen LogP contribution in [-0.4, -0.2) is 10.9 Å². The lowest BCUT2D eigenvalue weighted by Crippen LogP contribution is -2.31. The highest BCUT2D eigenvalue weighted by Gasteiger charge is 2.19. The molecule has 0 aliphatic rings. The first-order valence-electron chi connectivity index (χ1n) is 9.95. The van der Waals surface area contributed by atoms with Gasteiger partial charge in [-0.1, -0.05) is 60.2 Å². The lowest BCUT2D eigenvalue weighted by molar-refractivity contribution is -0.120. The number of carbonyl (C=O) groups excluding carboxylic acids is 1. The van der Waals surface area contributed by atoms with E-state index in [0.29, 0.717) is 6.42 Å². The number of nitrogens with one attached hydrogen (secondary N) is 1. The third-order valence-electron chi connectivity index (χ3n) is 5.25. The fourth-order valence-electron chi connectivity index (χ4n) is 3.80. The standard InChI is InChI=1S/C26H23BrN2O/c1-17-8-10-23(18(2)12-17)26(20-6-4-3-5-7-20)29-25(30)14-19-9-11-24-21(13-19)15-22(27)16-28-24/h3-13,15-16,26H,14H2,1-2H3,(H,29,30). The molecule has 150 valence electrons. The van der Waals surface area contributed by atoms with Gasteiger partial charge in [0.15, 0.2) is 0 Å². The van der Waals surface area contributed by atoms with Crippen LogP contribution in [0.15, 0.2) is 83.5 Å². The number of rotatable bonds is 5. The van der Waals surface area contributed by atoms with Crippen molar-refractivity contribution in [3.63, 3.8) is 0 Å². The lowest BCUT2D eigenvalue weighted by Gasteiger charge is -2.22. The quantitative estimate of drug-likeness (QED) is 0.394. The fourth-order valence-corrected chi connectivity index (χ4v) is 4.15. The topological polar surface area (TPSA) is 42.0 Å². The number of carbonyl (C=O) groups is 1. The molecule has 0 radical (unpaired) electrons. The smallest absolute Gasteiger partial charge is 0.225 e. The van der Waals surface area contributed by atoms with Crippen LogP contribution in [-0.2, 0) is 11.2 Å². The molecule has 0 fully saturated rings.